The lowest BCUT2D eigenvalue weighted by Crippen LogP contribution is -2.47. The number of carbonyl (C=O) groups is 1. The second kappa shape index (κ2) is 9.33. The van der Waals surface area contributed by atoms with Gasteiger partial charge >= 0.3 is 0 Å². The number of nitrogens with zero attached hydrogens (tertiary/aromatic N) is 2. The van der Waals surface area contributed by atoms with Crippen LogP contribution >= 0.6 is 11.6 Å². The number of aryl methyl sites for hydroxylation is 1. The molecule has 0 bridgehead atoms. The number of anilines is 1. The van der Waals surface area contributed by atoms with E-state index in [2.05, 4.69) is 9.62 Å². The van der Waals surface area contributed by atoms with E-state index in [1.807, 2.05) is 7.05 Å². The number of halogens is 1. The topological polar surface area (TPSA) is 88.2 Å². The van der Waals surface area contributed by atoms with Crippen LogP contribution in [0.4, 0.5) is 5.69 Å². The normalized spacial score (nSPS) is 14.9. The minimum atomic E-state index is -4.00. The fourth-order valence-corrected chi connectivity index (χ4v) is 4.65. The molecule has 2 aromatic carbocycles. The van der Waals surface area contributed by atoms with Crippen LogP contribution in [0.25, 0.3) is 0 Å². The van der Waals surface area contributed by atoms with Crippen LogP contribution in [0, 0.1) is 6.92 Å². The maximum absolute atomic E-state index is 13.1. The Hall–Kier alpha value is -2.49. The molecular weight excluding hydrogens is 442 g/mol. The fraction of sp³-hybridized carbons (Fsp3) is 0.381. The van der Waals surface area contributed by atoms with Gasteiger partial charge in [0.25, 0.3) is 15.9 Å². The molecule has 3 rings (SSSR count). The number of likely N-dealkylation sites (N-methyl/N-ethyl adjacent to an activating group) is 1. The number of benzene rings is 2. The maximum Gasteiger partial charge on any atom is 0.262 e. The van der Waals surface area contributed by atoms with E-state index in [0.29, 0.717) is 30.0 Å². The van der Waals surface area contributed by atoms with Crippen molar-refractivity contribution in [2.45, 2.75) is 11.8 Å². The molecule has 1 saturated heterocycles. The molecule has 1 aliphatic heterocycles. The predicted molar refractivity (Wildman–Crippen MR) is 120 cm³/mol. The van der Waals surface area contributed by atoms with Gasteiger partial charge in [-0.1, -0.05) is 17.7 Å². The van der Waals surface area contributed by atoms with Gasteiger partial charge in [0.1, 0.15) is 11.5 Å². The summed E-state index contributed by atoms with van der Waals surface area (Å²) < 4.78 is 39.0. The lowest BCUT2D eigenvalue weighted by Gasteiger charge is -2.32. The van der Waals surface area contributed by atoms with E-state index in [-0.39, 0.29) is 27.3 Å². The Morgan fingerprint density at radius 3 is 2.29 bits per heavy atom. The smallest absolute Gasteiger partial charge is 0.262 e. The van der Waals surface area contributed by atoms with Gasteiger partial charge in [0.05, 0.1) is 29.8 Å². The van der Waals surface area contributed by atoms with Gasteiger partial charge in [-0.05, 0) is 37.7 Å². The number of rotatable bonds is 6. The van der Waals surface area contributed by atoms with Crippen molar-refractivity contribution in [1.82, 2.24) is 9.80 Å². The first-order valence-electron chi connectivity index (χ1n) is 9.69. The molecule has 0 saturated carbocycles. The van der Waals surface area contributed by atoms with Crippen molar-refractivity contribution in [3.63, 3.8) is 0 Å². The zero-order valence-corrected chi connectivity index (χ0v) is 19.5. The SMILES string of the molecule is COc1cc(OC)c(NS(=O)(=O)c2ccc(C)c(C(=O)N3CCN(C)CC3)c2)cc1Cl. The molecule has 0 aromatic heterocycles. The summed E-state index contributed by atoms with van der Waals surface area (Å²) in [5, 5.41) is 0.232. The Morgan fingerprint density at radius 2 is 1.68 bits per heavy atom. The number of nitrogens with one attached hydrogen (secondary N) is 1. The zero-order chi connectivity index (χ0) is 22.8. The van der Waals surface area contributed by atoms with Gasteiger partial charge in [0.15, 0.2) is 0 Å². The first-order chi connectivity index (χ1) is 14.7. The van der Waals surface area contributed by atoms with E-state index in [1.165, 1.54) is 38.5 Å². The molecule has 0 aliphatic carbocycles. The molecule has 168 valence electrons. The highest BCUT2D eigenvalue weighted by Crippen LogP contribution is 2.37. The van der Waals surface area contributed by atoms with Crippen LogP contribution in [0.15, 0.2) is 35.2 Å². The molecule has 31 heavy (non-hydrogen) atoms. The van der Waals surface area contributed by atoms with Crippen molar-refractivity contribution in [3.05, 3.63) is 46.5 Å². The van der Waals surface area contributed by atoms with Crippen LogP contribution in [0.2, 0.25) is 5.02 Å². The number of hydrogen-bond donors (Lipinski definition) is 1. The highest BCUT2D eigenvalue weighted by molar-refractivity contribution is 7.92. The number of hydrogen-bond acceptors (Lipinski definition) is 6. The predicted octanol–water partition coefficient (Wildman–Crippen LogP) is 2.85. The first-order valence-corrected chi connectivity index (χ1v) is 11.5. The van der Waals surface area contributed by atoms with Crippen molar-refractivity contribution in [3.8, 4) is 11.5 Å². The number of sulfonamides is 1. The van der Waals surface area contributed by atoms with Crippen molar-refractivity contribution in [2.24, 2.45) is 0 Å². The molecule has 1 amide bonds. The van der Waals surface area contributed by atoms with Gasteiger partial charge in [-0.25, -0.2) is 8.42 Å². The lowest BCUT2D eigenvalue weighted by molar-refractivity contribution is 0.0663. The first kappa shape index (κ1) is 23.2. The van der Waals surface area contributed by atoms with Crippen LogP contribution < -0.4 is 14.2 Å². The number of amides is 1. The molecule has 0 spiro atoms. The molecule has 0 unspecified atom stereocenters. The van der Waals surface area contributed by atoms with Crippen LogP contribution in [0.3, 0.4) is 0 Å². The Balaban J connectivity index is 1.91. The van der Waals surface area contributed by atoms with Crippen LogP contribution in [0.5, 0.6) is 11.5 Å². The van der Waals surface area contributed by atoms with E-state index in [4.69, 9.17) is 21.1 Å². The van der Waals surface area contributed by atoms with Crippen molar-refractivity contribution < 1.29 is 22.7 Å². The van der Waals surface area contributed by atoms with E-state index >= 15 is 0 Å². The van der Waals surface area contributed by atoms with Crippen molar-refractivity contribution in [2.75, 3.05) is 52.2 Å². The Morgan fingerprint density at radius 1 is 1.03 bits per heavy atom. The minimum Gasteiger partial charge on any atom is -0.495 e. The fourth-order valence-electron chi connectivity index (χ4n) is 3.32. The third-order valence-electron chi connectivity index (χ3n) is 5.26. The molecule has 10 heteroatoms. The summed E-state index contributed by atoms with van der Waals surface area (Å²) in [5.74, 6) is 0.440. The van der Waals surface area contributed by atoms with Gasteiger partial charge in [-0.2, -0.15) is 0 Å². The average molecular weight is 468 g/mol. The van der Waals surface area contributed by atoms with Gasteiger partial charge in [0, 0.05) is 37.8 Å². The Labute approximate surface area is 187 Å². The van der Waals surface area contributed by atoms with E-state index < -0.39 is 10.0 Å². The third kappa shape index (κ3) is 5.06. The number of piperazine rings is 1. The Kier molecular flexibility index (Phi) is 6.98. The molecule has 1 aliphatic rings. The number of carbonyl (C=O) groups excluding carboxylic acids is 1. The van der Waals surface area contributed by atoms with Crippen molar-refractivity contribution in [1.29, 1.82) is 0 Å². The highest BCUT2D eigenvalue weighted by Gasteiger charge is 2.25. The third-order valence-corrected chi connectivity index (χ3v) is 6.92. The highest BCUT2D eigenvalue weighted by atomic mass is 35.5. The molecule has 1 heterocycles. The summed E-state index contributed by atoms with van der Waals surface area (Å²) in [5.41, 5.74) is 1.25. The Bertz CT molecular complexity index is 1080. The zero-order valence-electron chi connectivity index (χ0n) is 17.9. The second-order valence-corrected chi connectivity index (χ2v) is 9.45. The van der Waals surface area contributed by atoms with Crippen LogP contribution in [-0.4, -0.2) is 71.6 Å². The van der Waals surface area contributed by atoms with Crippen LogP contribution in [-0.2, 0) is 10.0 Å². The molecule has 0 radical (unpaired) electrons. The largest absolute Gasteiger partial charge is 0.495 e. The van der Waals surface area contributed by atoms with Gasteiger partial charge in [-0.3, -0.25) is 9.52 Å². The van der Waals surface area contributed by atoms with Crippen LogP contribution in [0.1, 0.15) is 15.9 Å². The monoisotopic (exact) mass is 467 g/mol. The summed E-state index contributed by atoms with van der Waals surface area (Å²) in [4.78, 5) is 16.9. The minimum absolute atomic E-state index is 0.0235. The molecular formula is C21H26ClN3O5S. The maximum atomic E-state index is 13.1. The molecule has 2 aromatic rings. The molecule has 1 fully saturated rings. The number of ether oxygens (including phenoxy) is 2. The summed E-state index contributed by atoms with van der Waals surface area (Å²) in [6, 6.07) is 7.43. The van der Waals surface area contributed by atoms with E-state index in [9.17, 15) is 13.2 Å². The van der Waals surface area contributed by atoms with Gasteiger partial charge in [0.2, 0.25) is 0 Å². The molecule has 1 N–H and O–H groups in total. The summed E-state index contributed by atoms with van der Waals surface area (Å²) in [6.07, 6.45) is 0. The van der Waals surface area contributed by atoms with E-state index in [1.54, 1.807) is 17.9 Å². The lowest BCUT2D eigenvalue weighted by atomic mass is 10.1. The average Bonchev–Trinajstić information content (AvgIpc) is 2.74. The summed E-state index contributed by atoms with van der Waals surface area (Å²) in [7, 11) is 0.873. The summed E-state index contributed by atoms with van der Waals surface area (Å²) in [6.45, 7) is 4.56. The van der Waals surface area contributed by atoms with Crippen molar-refractivity contribution >= 4 is 33.2 Å². The second-order valence-electron chi connectivity index (χ2n) is 7.36. The van der Waals surface area contributed by atoms with E-state index in [0.717, 1.165) is 13.1 Å². The summed E-state index contributed by atoms with van der Waals surface area (Å²) >= 11 is 6.15. The quantitative estimate of drug-likeness (QED) is 0.702. The standard InChI is InChI=1S/C21H26ClN3O5S/c1-14-5-6-15(11-16(14)21(26)25-9-7-24(2)8-10-25)31(27,28)23-18-12-17(22)19(29-3)13-20(18)30-4/h5-6,11-13,23H,7-10H2,1-4H3. The molecule has 8 nitrogen and oxygen atoms in total. The number of methoxy groups -OCH3 is 2. The van der Waals surface area contributed by atoms with Gasteiger partial charge in [-0.15, -0.1) is 0 Å². The molecule has 0 atom stereocenters. The van der Waals surface area contributed by atoms with Gasteiger partial charge < -0.3 is 19.3 Å².